The van der Waals surface area contributed by atoms with Crippen molar-refractivity contribution < 1.29 is 24.2 Å². The summed E-state index contributed by atoms with van der Waals surface area (Å²) in [7, 11) is 1.58. The number of carbonyl (C=O) groups excluding carboxylic acids is 1. The molecule has 7 nitrogen and oxygen atoms in total. The Morgan fingerprint density at radius 3 is 2.58 bits per heavy atom. The van der Waals surface area contributed by atoms with Crippen molar-refractivity contribution in [3.8, 4) is 11.5 Å². The van der Waals surface area contributed by atoms with Crippen molar-refractivity contribution in [2.45, 2.75) is 26.3 Å². The van der Waals surface area contributed by atoms with Crippen LogP contribution >= 0.6 is 0 Å². The molecular weight excluding hydrogens is 312 g/mol. The Morgan fingerprint density at radius 1 is 1.29 bits per heavy atom. The summed E-state index contributed by atoms with van der Waals surface area (Å²) in [6, 6.07) is 5.36. The van der Waals surface area contributed by atoms with E-state index in [9.17, 15) is 9.59 Å². The molecule has 1 aliphatic rings. The van der Waals surface area contributed by atoms with Gasteiger partial charge in [-0.3, -0.25) is 4.79 Å². The summed E-state index contributed by atoms with van der Waals surface area (Å²) in [5, 5.41) is 11.8. The predicted molar refractivity (Wildman–Crippen MR) is 88.3 cm³/mol. The minimum absolute atomic E-state index is 0.174. The molecule has 1 aromatic rings. The van der Waals surface area contributed by atoms with E-state index in [1.165, 1.54) is 0 Å². The molecule has 2 amide bonds. The van der Waals surface area contributed by atoms with Crippen LogP contribution in [0.25, 0.3) is 0 Å². The van der Waals surface area contributed by atoms with Gasteiger partial charge >= 0.3 is 12.0 Å². The third-order valence-electron chi connectivity index (χ3n) is 4.10. The lowest BCUT2D eigenvalue weighted by atomic mass is 9.97. The predicted octanol–water partition coefficient (Wildman–Crippen LogP) is 2.10. The summed E-state index contributed by atoms with van der Waals surface area (Å²) >= 11 is 0. The van der Waals surface area contributed by atoms with E-state index in [1.807, 2.05) is 25.1 Å². The van der Waals surface area contributed by atoms with Crippen LogP contribution in [0.5, 0.6) is 11.5 Å². The van der Waals surface area contributed by atoms with Crippen LogP contribution in [0.3, 0.4) is 0 Å². The molecule has 132 valence electrons. The van der Waals surface area contributed by atoms with E-state index in [0.717, 1.165) is 5.56 Å². The molecular formula is C17H24N2O5. The van der Waals surface area contributed by atoms with Crippen molar-refractivity contribution in [3.63, 3.8) is 0 Å². The van der Waals surface area contributed by atoms with E-state index >= 15 is 0 Å². The van der Waals surface area contributed by atoms with E-state index in [-0.39, 0.29) is 11.9 Å². The second-order valence-electron chi connectivity index (χ2n) is 5.68. The molecule has 2 N–H and O–H groups in total. The van der Waals surface area contributed by atoms with Crippen molar-refractivity contribution in [1.29, 1.82) is 0 Å². The Balaban J connectivity index is 1.87. The average Bonchev–Trinajstić information content (AvgIpc) is 2.60. The molecule has 24 heavy (non-hydrogen) atoms. The van der Waals surface area contributed by atoms with Crippen molar-refractivity contribution in [2.24, 2.45) is 5.92 Å². The molecule has 0 aliphatic carbocycles. The quantitative estimate of drug-likeness (QED) is 0.830. The number of nitrogens with one attached hydrogen (secondary N) is 1. The molecule has 1 aromatic carbocycles. The van der Waals surface area contributed by atoms with Gasteiger partial charge in [-0.15, -0.1) is 0 Å². The Bertz CT molecular complexity index is 582. The highest BCUT2D eigenvalue weighted by molar-refractivity contribution is 5.75. The zero-order valence-corrected chi connectivity index (χ0v) is 14.1. The van der Waals surface area contributed by atoms with E-state index in [0.29, 0.717) is 50.6 Å². The normalized spacial score (nSPS) is 15.0. The number of methoxy groups -OCH3 is 1. The highest BCUT2D eigenvalue weighted by Crippen LogP contribution is 2.28. The molecule has 0 atom stereocenters. The van der Waals surface area contributed by atoms with Crippen LogP contribution in [-0.2, 0) is 11.3 Å². The van der Waals surface area contributed by atoms with Gasteiger partial charge in [0.25, 0.3) is 0 Å². The zero-order chi connectivity index (χ0) is 17.5. The van der Waals surface area contributed by atoms with Gasteiger partial charge < -0.3 is 24.8 Å². The van der Waals surface area contributed by atoms with E-state index < -0.39 is 5.97 Å². The van der Waals surface area contributed by atoms with E-state index in [4.69, 9.17) is 14.6 Å². The number of aliphatic carboxylic acids is 1. The number of carbonyl (C=O) groups is 2. The van der Waals surface area contributed by atoms with Crippen molar-refractivity contribution >= 4 is 12.0 Å². The molecule has 2 rings (SSSR count). The number of likely N-dealkylation sites (tertiary alicyclic amines) is 1. The first-order valence-corrected chi connectivity index (χ1v) is 8.10. The van der Waals surface area contributed by atoms with Crippen LogP contribution in [0.15, 0.2) is 18.2 Å². The molecule has 1 heterocycles. The third kappa shape index (κ3) is 4.53. The van der Waals surface area contributed by atoms with E-state index in [2.05, 4.69) is 5.32 Å². The highest BCUT2D eigenvalue weighted by Gasteiger charge is 2.26. The number of urea groups is 1. The summed E-state index contributed by atoms with van der Waals surface area (Å²) in [5.74, 6) is 0.178. The number of rotatable bonds is 6. The maximum absolute atomic E-state index is 12.2. The summed E-state index contributed by atoms with van der Waals surface area (Å²) < 4.78 is 10.8. The third-order valence-corrected chi connectivity index (χ3v) is 4.10. The van der Waals surface area contributed by atoms with Crippen LogP contribution in [0.2, 0.25) is 0 Å². The zero-order valence-electron chi connectivity index (χ0n) is 14.1. The number of amides is 2. The number of hydrogen-bond donors (Lipinski definition) is 2. The van der Waals surface area contributed by atoms with Crippen LogP contribution < -0.4 is 14.8 Å². The van der Waals surface area contributed by atoms with Gasteiger partial charge in [-0.25, -0.2) is 4.79 Å². The average molecular weight is 336 g/mol. The fourth-order valence-electron chi connectivity index (χ4n) is 2.72. The number of hydrogen-bond acceptors (Lipinski definition) is 4. The van der Waals surface area contributed by atoms with Gasteiger partial charge in [-0.1, -0.05) is 6.07 Å². The summed E-state index contributed by atoms with van der Waals surface area (Å²) in [6.07, 6.45) is 0.999. The van der Waals surface area contributed by atoms with Gasteiger partial charge in [0.05, 0.1) is 19.6 Å². The van der Waals surface area contributed by atoms with Gasteiger partial charge in [0, 0.05) is 19.6 Å². The standard InChI is InChI=1S/C17H24N2O5/c1-3-24-14-5-4-12(10-15(14)23-2)11-18-17(22)19-8-6-13(7-9-19)16(20)21/h4-5,10,13H,3,6-9,11H2,1-2H3,(H,18,22)(H,20,21). The van der Waals surface area contributed by atoms with Crippen LogP contribution in [0.1, 0.15) is 25.3 Å². The van der Waals surface area contributed by atoms with Gasteiger partial charge in [0.15, 0.2) is 11.5 Å². The van der Waals surface area contributed by atoms with Gasteiger partial charge in [-0.05, 0) is 37.5 Å². The molecule has 0 aromatic heterocycles. The molecule has 7 heteroatoms. The lowest BCUT2D eigenvalue weighted by Crippen LogP contribution is -2.45. The molecule has 0 spiro atoms. The largest absolute Gasteiger partial charge is 0.493 e. The summed E-state index contributed by atoms with van der Waals surface area (Å²) in [5.41, 5.74) is 0.907. The Kier molecular flexibility index (Phi) is 6.28. The second kappa shape index (κ2) is 8.42. The second-order valence-corrected chi connectivity index (χ2v) is 5.68. The lowest BCUT2D eigenvalue weighted by Gasteiger charge is -2.30. The van der Waals surface area contributed by atoms with Crippen molar-refractivity contribution in [3.05, 3.63) is 23.8 Å². The first-order valence-electron chi connectivity index (χ1n) is 8.10. The summed E-state index contributed by atoms with van der Waals surface area (Å²) in [6.45, 7) is 3.77. The minimum atomic E-state index is -0.781. The fraction of sp³-hybridized carbons (Fsp3) is 0.529. The molecule has 0 saturated carbocycles. The Hall–Kier alpha value is -2.44. The molecule has 1 fully saturated rings. The van der Waals surface area contributed by atoms with Gasteiger partial charge in [0.1, 0.15) is 0 Å². The monoisotopic (exact) mass is 336 g/mol. The molecule has 0 radical (unpaired) electrons. The Labute approximate surface area is 141 Å². The maximum atomic E-state index is 12.2. The number of nitrogens with zero attached hydrogens (tertiary/aromatic N) is 1. The van der Waals surface area contributed by atoms with Gasteiger partial charge in [-0.2, -0.15) is 0 Å². The summed E-state index contributed by atoms with van der Waals surface area (Å²) in [4.78, 5) is 24.8. The number of piperidine rings is 1. The molecule has 0 unspecified atom stereocenters. The number of benzene rings is 1. The topological polar surface area (TPSA) is 88.1 Å². The minimum Gasteiger partial charge on any atom is -0.493 e. The van der Waals surface area contributed by atoms with Crippen LogP contribution in [0, 0.1) is 5.92 Å². The van der Waals surface area contributed by atoms with Crippen molar-refractivity contribution in [2.75, 3.05) is 26.8 Å². The fourth-order valence-corrected chi connectivity index (χ4v) is 2.72. The van der Waals surface area contributed by atoms with E-state index in [1.54, 1.807) is 12.0 Å². The van der Waals surface area contributed by atoms with Crippen molar-refractivity contribution in [1.82, 2.24) is 10.2 Å². The Morgan fingerprint density at radius 2 is 2.00 bits per heavy atom. The molecule has 1 aliphatic heterocycles. The number of carboxylic acid groups (broad SMARTS) is 1. The van der Waals surface area contributed by atoms with Gasteiger partial charge in [0.2, 0.25) is 0 Å². The first-order chi connectivity index (χ1) is 11.5. The molecule has 0 bridgehead atoms. The van der Waals surface area contributed by atoms with Crippen LogP contribution in [-0.4, -0.2) is 48.8 Å². The molecule has 1 saturated heterocycles. The number of carboxylic acids is 1. The smallest absolute Gasteiger partial charge is 0.317 e. The van der Waals surface area contributed by atoms with Crippen LogP contribution in [0.4, 0.5) is 4.79 Å². The maximum Gasteiger partial charge on any atom is 0.317 e. The first kappa shape index (κ1) is 17.9. The number of ether oxygens (including phenoxy) is 2. The lowest BCUT2D eigenvalue weighted by molar-refractivity contribution is -0.143. The highest BCUT2D eigenvalue weighted by atomic mass is 16.5. The SMILES string of the molecule is CCOc1ccc(CNC(=O)N2CCC(C(=O)O)CC2)cc1OC.